The number of hydrogen-bond donors (Lipinski definition) is 1. The molecule has 1 aromatic carbocycles. The molecule has 2 aromatic rings. The van der Waals surface area contributed by atoms with E-state index in [0.717, 1.165) is 4.88 Å². The number of thiophene rings is 1. The summed E-state index contributed by atoms with van der Waals surface area (Å²) >= 11 is 13.3. The Labute approximate surface area is 153 Å². The first-order chi connectivity index (χ1) is 11.5. The molecule has 0 aliphatic heterocycles. The van der Waals surface area contributed by atoms with Crippen molar-refractivity contribution in [2.45, 2.75) is 12.5 Å². The highest BCUT2D eigenvalue weighted by molar-refractivity contribution is 7.10. The number of carbonyl (C=O) groups excluding carboxylic acids is 2. The average molecular weight is 388 g/mol. The second-order valence-electron chi connectivity index (χ2n) is 4.78. The van der Waals surface area contributed by atoms with Crippen LogP contribution in [0.1, 0.15) is 17.3 Å². The summed E-state index contributed by atoms with van der Waals surface area (Å²) in [7, 11) is 1.31. The Hall–Kier alpha value is -1.76. The Morgan fingerprint density at radius 1 is 1.29 bits per heavy atom. The maximum absolute atomic E-state index is 12.1. The van der Waals surface area contributed by atoms with Crippen LogP contribution in [0, 0.1) is 0 Å². The molecule has 1 aromatic heterocycles. The summed E-state index contributed by atoms with van der Waals surface area (Å²) in [5.41, 5.74) is 0. The molecule has 1 heterocycles. The zero-order valence-electron chi connectivity index (χ0n) is 12.8. The molecule has 0 saturated heterocycles. The number of nitrogens with one attached hydrogen (secondary N) is 1. The molecule has 0 spiro atoms. The van der Waals surface area contributed by atoms with Crippen LogP contribution in [0.2, 0.25) is 10.0 Å². The van der Waals surface area contributed by atoms with Crippen LogP contribution < -0.4 is 10.1 Å². The maximum atomic E-state index is 12.1. The highest BCUT2D eigenvalue weighted by Crippen LogP contribution is 2.28. The largest absolute Gasteiger partial charge is 0.482 e. The lowest BCUT2D eigenvalue weighted by molar-refractivity contribution is -0.141. The van der Waals surface area contributed by atoms with E-state index in [1.54, 1.807) is 12.1 Å². The topological polar surface area (TPSA) is 64.6 Å². The number of methoxy groups -OCH3 is 1. The molecule has 2 rings (SSSR count). The van der Waals surface area contributed by atoms with Gasteiger partial charge < -0.3 is 14.8 Å². The molecule has 0 aliphatic rings. The number of esters is 1. The van der Waals surface area contributed by atoms with E-state index in [1.807, 2.05) is 17.5 Å². The van der Waals surface area contributed by atoms with Crippen LogP contribution in [-0.2, 0) is 14.3 Å². The predicted molar refractivity (Wildman–Crippen MR) is 93.8 cm³/mol. The lowest BCUT2D eigenvalue weighted by Gasteiger charge is -2.17. The van der Waals surface area contributed by atoms with Crippen molar-refractivity contribution in [3.05, 3.63) is 50.6 Å². The van der Waals surface area contributed by atoms with Crippen molar-refractivity contribution in [1.29, 1.82) is 0 Å². The number of rotatable bonds is 7. The number of amides is 1. The Morgan fingerprint density at radius 3 is 2.75 bits per heavy atom. The van der Waals surface area contributed by atoms with E-state index < -0.39 is 12.0 Å². The van der Waals surface area contributed by atoms with Crippen LogP contribution in [0.5, 0.6) is 5.75 Å². The van der Waals surface area contributed by atoms with E-state index >= 15 is 0 Å². The van der Waals surface area contributed by atoms with Gasteiger partial charge in [-0.3, -0.25) is 9.59 Å². The van der Waals surface area contributed by atoms with Gasteiger partial charge in [-0.2, -0.15) is 0 Å². The molecule has 0 unspecified atom stereocenters. The third kappa shape index (κ3) is 5.40. The minimum atomic E-state index is -0.469. The van der Waals surface area contributed by atoms with Crippen molar-refractivity contribution in [3.8, 4) is 5.75 Å². The van der Waals surface area contributed by atoms with E-state index in [4.69, 9.17) is 27.9 Å². The first-order valence-corrected chi connectivity index (χ1v) is 8.60. The highest BCUT2D eigenvalue weighted by Gasteiger charge is 2.20. The summed E-state index contributed by atoms with van der Waals surface area (Å²) in [6.07, 6.45) is 0.0423. The van der Waals surface area contributed by atoms with E-state index in [2.05, 4.69) is 10.1 Å². The number of carbonyl (C=O) groups is 2. The normalized spacial score (nSPS) is 11.6. The quantitative estimate of drug-likeness (QED) is 0.732. The molecule has 0 bridgehead atoms. The zero-order chi connectivity index (χ0) is 17.5. The van der Waals surface area contributed by atoms with Crippen LogP contribution in [-0.4, -0.2) is 25.6 Å². The molecule has 128 valence electrons. The van der Waals surface area contributed by atoms with Crippen molar-refractivity contribution in [2.24, 2.45) is 0 Å². The van der Waals surface area contributed by atoms with Gasteiger partial charge in [0, 0.05) is 16.0 Å². The molecule has 1 N–H and O–H groups in total. The number of benzene rings is 1. The van der Waals surface area contributed by atoms with Crippen LogP contribution >= 0.6 is 34.5 Å². The van der Waals surface area contributed by atoms with Gasteiger partial charge in [0.25, 0.3) is 5.91 Å². The fraction of sp³-hybridized carbons (Fsp3) is 0.250. The fourth-order valence-corrected chi connectivity index (χ4v) is 3.04. The average Bonchev–Trinajstić information content (AvgIpc) is 3.09. The lowest BCUT2D eigenvalue weighted by Crippen LogP contribution is -2.33. The minimum absolute atomic E-state index is 0.0423. The smallest absolute Gasteiger partial charge is 0.307 e. The Morgan fingerprint density at radius 2 is 2.08 bits per heavy atom. The number of ether oxygens (including phenoxy) is 2. The van der Waals surface area contributed by atoms with Gasteiger partial charge in [-0.15, -0.1) is 11.3 Å². The number of hydrogen-bond acceptors (Lipinski definition) is 5. The van der Waals surface area contributed by atoms with Gasteiger partial charge in [-0.1, -0.05) is 29.3 Å². The summed E-state index contributed by atoms with van der Waals surface area (Å²) in [6, 6.07) is 7.96. The molecule has 0 radical (unpaired) electrons. The van der Waals surface area contributed by atoms with Gasteiger partial charge in [0.05, 0.1) is 24.6 Å². The van der Waals surface area contributed by atoms with Crippen molar-refractivity contribution in [2.75, 3.05) is 13.7 Å². The summed E-state index contributed by atoms with van der Waals surface area (Å²) < 4.78 is 10.1. The van der Waals surface area contributed by atoms with Crippen LogP contribution in [0.3, 0.4) is 0 Å². The van der Waals surface area contributed by atoms with Gasteiger partial charge in [-0.05, 0) is 23.6 Å². The molecular formula is C16H15Cl2NO4S. The summed E-state index contributed by atoms with van der Waals surface area (Å²) in [4.78, 5) is 24.5. The van der Waals surface area contributed by atoms with Crippen LogP contribution in [0.15, 0.2) is 35.7 Å². The zero-order valence-corrected chi connectivity index (χ0v) is 15.1. The van der Waals surface area contributed by atoms with E-state index in [0.29, 0.717) is 15.8 Å². The molecule has 0 fully saturated rings. The summed E-state index contributed by atoms with van der Waals surface area (Å²) in [5.74, 6) is -0.471. The molecule has 1 amide bonds. The van der Waals surface area contributed by atoms with Gasteiger partial charge in [-0.25, -0.2) is 0 Å². The third-order valence-corrected chi connectivity index (χ3v) is 4.61. The lowest BCUT2D eigenvalue weighted by atomic mass is 10.1. The molecule has 1 atom stereocenters. The van der Waals surface area contributed by atoms with Crippen molar-refractivity contribution >= 4 is 46.4 Å². The standard InChI is InChI=1S/C16H15Cl2NO4S/c1-22-16(21)8-12(14-3-2-6-24-14)19-15(20)9-23-13-7-10(17)4-5-11(13)18/h2-7,12H,8-9H2,1H3,(H,19,20)/t12-/m0/s1. The molecular weight excluding hydrogens is 373 g/mol. The monoisotopic (exact) mass is 387 g/mol. The summed E-state index contributed by atoms with van der Waals surface area (Å²) in [6.45, 7) is -0.247. The SMILES string of the molecule is COC(=O)C[C@H](NC(=O)COc1cc(Cl)ccc1Cl)c1cccs1. The van der Waals surface area contributed by atoms with Gasteiger partial charge in [0.2, 0.25) is 0 Å². The van der Waals surface area contributed by atoms with Gasteiger partial charge in [0.15, 0.2) is 6.61 Å². The molecule has 5 nitrogen and oxygen atoms in total. The fourth-order valence-electron chi connectivity index (χ4n) is 1.93. The third-order valence-electron chi connectivity index (χ3n) is 3.07. The van der Waals surface area contributed by atoms with Crippen LogP contribution in [0.25, 0.3) is 0 Å². The van der Waals surface area contributed by atoms with Gasteiger partial charge in [0.1, 0.15) is 5.75 Å². The van der Waals surface area contributed by atoms with Crippen molar-refractivity contribution < 1.29 is 19.1 Å². The summed E-state index contributed by atoms with van der Waals surface area (Å²) in [5, 5.41) is 5.44. The Kier molecular flexibility index (Phi) is 6.90. The Balaban J connectivity index is 1.97. The van der Waals surface area contributed by atoms with Crippen molar-refractivity contribution in [3.63, 3.8) is 0 Å². The second-order valence-corrected chi connectivity index (χ2v) is 6.60. The minimum Gasteiger partial charge on any atom is -0.482 e. The predicted octanol–water partition coefficient (Wildman–Crippen LogP) is 3.85. The number of halogens is 2. The Bertz CT molecular complexity index is 706. The molecule has 0 saturated carbocycles. The first kappa shape index (κ1) is 18.6. The van der Waals surface area contributed by atoms with E-state index in [1.165, 1.54) is 24.5 Å². The molecule has 24 heavy (non-hydrogen) atoms. The maximum Gasteiger partial charge on any atom is 0.307 e. The van der Waals surface area contributed by atoms with Gasteiger partial charge >= 0.3 is 5.97 Å². The highest BCUT2D eigenvalue weighted by atomic mass is 35.5. The first-order valence-electron chi connectivity index (χ1n) is 6.97. The molecule has 8 heteroatoms. The molecule has 0 aliphatic carbocycles. The van der Waals surface area contributed by atoms with Crippen LogP contribution in [0.4, 0.5) is 0 Å². The second kappa shape index (κ2) is 8.92. The van der Waals surface area contributed by atoms with E-state index in [9.17, 15) is 9.59 Å². The van der Waals surface area contributed by atoms with Crippen molar-refractivity contribution in [1.82, 2.24) is 5.32 Å². The van der Waals surface area contributed by atoms with E-state index in [-0.39, 0.29) is 18.9 Å².